The maximum Gasteiger partial charge on any atom is 0.203 e. The van der Waals surface area contributed by atoms with Crippen molar-refractivity contribution >= 4 is 5.78 Å². The van der Waals surface area contributed by atoms with Crippen LogP contribution in [0.1, 0.15) is 52.9 Å². The average Bonchev–Trinajstić information content (AvgIpc) is 3.94. The highest BCUT2D eigenvalue weighted by Crippen LogP contribution is 2.64. The zero-order chi connectivity index (χ0) is 50.8. The molecule has 4 aliphatic carbocycles. The van der Waals surface area contributed by atoms with Crippen LogP contribution in [0.2, 0.25) is 0 Å². The van der Waals surface area contributed by atoms with E-state index in [-0.39, 0.29) is 30.6 Å². The number of carbonyl (C=O) groups is 1. The van der Waals surface area contributed by atoms with E-state index in [1.54, 1.807) is 6.92 Å². The summed E-state index contributed by atoms with van der Waals surface area (Å²) in [5, 5.41) is 142. The monoisotopic (exact) mass is 1020 g/mol. The van der Waals surface area contributed by atoms with E-state index in [9.17, 15) is 71.2 Å². The molecule has 13 N–H and O–H groups in total. The first-order chi connectivity index (χ1) is 33.7. The van der Waals surface area contributed by atoms with Crippen LogP contribution in [0.15, 0.2) is 22.8 Å². The number of fused-ring (bicyclic) bond motifs is 6. The summed E-state index contributed by atoms with van der Waals surface area (Å²) in [5.74, 6) is -4.60. The van der Waals surface area contributed by atoms with Gasteiger partial charge in [0.15, 0.2) is 30.9 Å². The Morgan fingerprint density at radius 2 is 1.45 bits per heavy atom. The highest BCUT2D eigenvalue weighted by atomic mass is 16.8. The lowest BCUT2D eigenvalue weighted by atomic mass is 9.51. The summed E-state index contributed by atoms with van der Waals surface area (Å²) in [6, 6.07) is 0. The number of aliphatic hydroxyl groups excluding tert-OH is 12. The molecule has 7 fully saturated rings. The Labute approximate surface area is 408 Å². The molecule has 0 aromatic heterocycles. The molecule has 10 aliphatic rings. The predicted molar refractivity (Wildman–Crippen MR) is 230 cm³/mol. The Morgan fingerprint density at radius 3 is 2.17 bits per heavy atom. The van der Waals surface area contributed by atoms with Crippen molar-refractivity contribution in [3.05, 3.63) is 22.8 Å². The van der Waals surface area contributed by atoms with Gasteiger partial charge in [-0.3, -0.25) is 4.79 Å². The Morgan fingerprint density at radius 1 is 0.746 bits per heavy atom. The average molecular weight is 1020 g/mol. The molecule has 0 amide bonds. The lowest BCUT2D eigenvalue weighted by Crippen LogP contribution is -2.65. The van der Waals surface area contributed by atoms with E-state index in [1.807, 2.05) is 13.0 Å². The van der Waals surface area contributed by atoms with E-state index in [1.165, 1.54) is 6.92 Å². The highest BCUT2D eigenvalue weighted by molar-refractivity contribution is 6.04. The van der Waals surface area contributed by atoms with Crippen molar-refractivity contribution in [2.75, 3.05) is 39.6 Å². The molecule has 71 heavy (non-hydrogen) atoms. The lowest BCUT2D eigenvalue weighted by molar-refractivity contribution is -0.387. The first kappa shape index (κ1) is 52.7. The molecule has 0 radical (unpaired) electrons. The summed E-state index contributed by atoms with van der Waals surface area (Å²) in [5.41, 5.74) is -0.758. The molecule has 402 valence electrons. The Bertz CT molecular complexity index is 2030. The van der Waals surface area contributed by atoms with Gasteiger partial charge in [0.25, 0.3) is 0 Å². The normalized spacial score (nSPS) is 55.2. The van der Waals surface area contributed by atoms with Gasteiger partial charge in [-0.15, -0.1) is 0 Å². The van der Waals surface area contributed by atoms with Gasteiger partial charge in [-0.05, 0) is 44.4 Å². The molecule has 6 aliphatic heterocycles. The number of rotatable bonds is 10. The smallest absolute Gasteiger partial charge is 0.203 e. The quantitative estimate of drug-likeness (QED) is 0.0909. The van der Waals surface area contributed by atoms with E-state index in [2.05, 4.69) is 0 Å². The second-order valence-corrected chi connectivity index (χ2v) is 21.7. The van der Waals surface area contributed by atoms with E-state index in [4.69, 9.17) is 47.4 Å². The molecular weight excluding hydrogens is 948 g/mol. The van der Waals surface area contributed by atoms with Crippen molar-refractivity contribution in [3.8, 4) is 0 Å². The van der Waals surface area contributed by atoms with Gasteiger partial charge in [-0.2, -0.15) is 0 Å². The third-order valence-electron chi connectivity index (χ3n) is 17.6. The molecule has 24 nitrogen and oxygen atoms in total. The third kappa shape index (κ3) is 8.45. The minimum Gasteiger partial charge on any atom is -0.396 e. The minimum absolute atomic E-state index is 0.0501. The number of hydrogen-bond acceptors (Lipinski definition) is 24. The van der Waals surface area contributed by atoms with Crippen molar-refractivity contribution in [2.45, 2.75) is 187 Å². The summed E-state index contributed by atoms with van der Waals surface area (Å²) < 4.78 is 61.0. The third-order valence-corrected chi connectivity index (χ3v) is 17.6. The van der Waals surface area contributed by atoms with Gasteiger partial charge in [0.05, 0.1) is 64.1 Å². The summed E-state index contributed by atoms with van der Waals surface area (Å²) in [6.07, 6.45) is -26.3. The van der Waals surface area contributed by atoms with Gasteiger partial charge in [0.1, 0.15) is 78.8 Å². The molecule has 6 saturated heterocycles. The zero-order valence-corrected chi connectivity index (χ0v) is 39.6. The Balaban J connectivity index is 0.948. The van der Waals surface area contributed by atoms with Gasteiger partial charge < -0.3 is 114 Å². The SMILES string of the molecule is CC1OC(OC2C(O[C@@H]3C[C@H](O)CC4=CCC5C6=C(CCC5[C@]43C)C3C(OC4(OC[C@H](C)C(O)C4O)[C@H]3CO)C6=O)OCC(O)C2OC2OCC(O)C(O)C2O)C(O)C(OC2OCC(O)(CO)C2O)C1O. The molecule has 23 unspecified atom stereocenters. The van der Waals surface area contributed by atoms with Crippen LogP contribution in [0.25, 0.3) is 0 Å². The van der Waals surface area contributed by atoms with Crippen LogP contribution in [-0.2, 0) is 52.2 Å². The first-order valence-corrected chi connectivity index (χ1v) is 24.8. The van der Waals surface area contributed by atoms with E-state index in [0.29, 0.717) is 31.3 Å². The van der Waals surface area contributed by atoms with Crippen molar-refractivity contribution in [2.24, 2.45) is 35.0 Å². The molecule has 0 aromatic rings. The summed E-state index contributed by atoms with van der Waals surface area (Å²) in [7, 11) is 0. The van der Waals surface area contributed by atoms with Crippen molar-refractivity contribution in [3.63, 3.8) is 0 Å². The lowest BCUT2D eigenvalue weighted by Gasteiger charge is -2.57. The topological polar surface area (TPSA) is 372 Å². The standard InChI is InChI=1S/C47H70O24/c1-16-11-65-47(39(59)29(16)53)23(10-48)28-21-6-7-22-20(27(21)32(56)36(28)71-47)5-4-18-8-19(50)9-26(45(18,22)3)67-43-38(35(25(52)13-63-43)68-41-33(57)31(55)24(51)12-62-41)70-42-34(58)37(30(54)17(2)66-42)69-44-40(60)46(61,14-49)15-64-44/h4,16-17,19-20,22-26,28-31,33-44,48-55,57-61H,5-15H2,1-3H3/t16-,17?,19+,20?,22?,23-,24?,25?,26+,28?,29?,30?,31?,33?,34?,35?,36?,37?,38?,39?,40?,41?,42?,43?,44?,45-,46?,47?/m0/s1. The van der Waals surface area contributed by atoms with Crippen molar-refractivity contribution in [1.82, 2.24) is 0 Å². The van der Waals surface area contributed by atoms with Crippen LogP contribution in [0.5, 0.6) is 0 Å². The second-order valence-electron chi connectivity index (χ2n) is 21.7. The molecule has 10 rings (SSSR count). The van der Waals surface area contributed by atoms with Crippen molar-refractivity contribution in [1.29, 1.82) is 0 Å². The van der Waals surface area contributed by atoms with Crippen molar-refractivity contribution < 1.29 is 119 Å². The van der Waals surface area contributed by atoms with Crippen LogP contribution in [0.4, 0.5) is 0 Å². The molecule has 0 bridgehead atoms. The van der Waals surface area contributed by atoms with Gasteiger partial charge in [0.2, 0.25) is 5.79 Å². The molecular formula is C47H70O24. The highest BCUT2D eigenvalue weighted by Gasteiger charge is 2.69. The molecule has 0 aromatic carbocycles. The van der Waals surface area contributed by atoms with Gasteiger partial charge in [-0.1, -0.05) is 31.1 Å². The van der Waals surface area contributed by atoms with Gasteiger partial charge in [0, 0.05) is 35.2 Å². The molecule has 6 heterocycles. The van der Waals surface area contributed by atoms with Crippen LogP contribution >= 0.6 is 0 Å². The van der Waals surface area contributed by atoms with Crippen LogP contribution in [-0.4, -0.2) is 246 Å². The zero-order valence-electron chi connectivity index (χ0n) is 39.6. The number of ether oxygens (including phenoxy) is 10. The first-order valence-electron chi connectivity index (χ1n) is 24.8. The minimum atomic E-state index is -2.11. The van der Waals surface area contributed by atoms with Crippen LogP contribution in [0.3, 0.4) is 0 Å². The Hall–Kier alpha value is -1.77. The van der Waals surface area contributed by atoms with E-state index >= 15 is 0 Å². The summed E-state index contributed by atoms with van der Waals surface area (Å²) >= 11 is 0. The van der Waals surface area contributed by atoms with E-state index < -0.39 is 190 Å². The fourth-order valence-electron chi connectivity index (χ4n) is 13.4. The van der Waals surface area contributed by atoms with Crippen LogP contribution in [0, 0.1) is 35.0 Å². The molecule has 28 atom stereocenters. The van der Waals surface area contributed by atoms with Crippen LogP contribution < -0.4 is 0 Å². The summed E-state index contributed by atoms with van der Waals surface area (Å²) in [6.45, 7) is 2.37. The number of hydrogen-bond donors (Lipinski definition) is 13. The maximum absolute atomic E-state index is 14.7. The number of ketones is 1. The molecule has 1 saturated carbocycles. The fraction of sp³-hybridized carbons (Fsp3) is 0.894. The van der Waals surface area contributed by atoms with Gasteiger partial charge in [-0.25, -0.2) is 0 Å². The van der Waals surface area contributed by atoms with E-state index in [0.717, 1.165) is 11.1 Å². The number of carbonyl (C=O) groups excluding carboxylic acids is 1. The molecule has 1 spiro atoms. The number of aliphatic hydroxyl groups is 13. The second kappa shape index (κ2) is 19.7. The number of allylic oxidation sites excluding steroid dienone is 1. The fourth-order valence-corrected chi connectivity index (χ4v) is 13.4. The Kier molecular flexibility index (Phi) is 14.6. The summed E-state index contributed by atoms with van der Waals surface area (Å²) in [4.78, 5) is 14.7. The number of Topliss-reactive ketones (excluding diaryl/α,β-unsaturated/α-hetero) is 1. The maximum atomic E-state index is 14.7. The van der Waals surface area contributed by atoms with Gasteiger partial charge >= 0.3 is 0 Å². The predicted octanol–water partition coefficient (Wildman–Crippen LogP) is -5.30. The molecule has 24 heteroatoms. The largest absolute Gasteiger partial charge is 0.396 e.